The van der Waals surface area contributed by atoms with Crippen LogP contribution in [0.1, 0.15) is 25.6 Å². The van der Waals surface area contributed by atoms with Crippen molar-refractivity contribution in [2.45, 2.75) is 11.8 Å². The maximum atomic E-state index is 12.3. The number of thiophene rings is 1. The number of fused-ring (bicyclic) bond motifs is 1. The van der Waals surface area contributed by atoms with Crippen LogP contribution < -0.4 is 0 Å². The Balaban J connectivity index is 1.69. The Bertz CT molecular complexity index is 885. The quantitative estimate of drug-likeness (QED) is 0.788. The number of rotatable bonds is 4. The van der Waals surface area contributed by atoms with Gasteiger partial charge in [-0.3, -0.25) is 4.79 Å². The Morgan fingerprint density at radius 3 is 2.65 bits per heavy atom. The molecule has 0 unspecified atom stereocenters. The molecule has 0 atom stereocenters. The standard InChI is InChI=1S/C15H13NO5S2/c1-10-6-9-22-13(10)15(18)21-8-7-16-14(17)11-4-2-3-5-12(11)23(16,19)20/h2-6,9H,7-8H2,1H3. The number of ether oxygens (including phenoxy) is 1. The van der Waals surface area contributed by atoms with Crippen LogP contribution in [0.5, 0.6) is 0 Å². The predicted molar refractivity (Wildman–Crippen MR) is 84.0 cm³/mol. The number of amides is 1. The molecule has 1 amide bonds. The van der Waals surface area contributed by atoms with Gasteiger partial charge in [0.1, 0.15) is 16.4 Å². The van der Waals surface area contributed by atoms with Crippen molar-refractivity contribution < 1.29 is 22.7 Å². The Morgan fingerprint density at radius 2 is 2.00 bits per heavy atom. The van der Waals surface area contributed by atoms with E-state index >= 15 is 0 Å². The molecule has 23 heavy (non-hydrogen) atoms. The third-order valence-corrected chi connectivity index (χ3v) is 6.32. The normalized spacial score (nSPS) is 15.5. The van der Waals surface area contributed by atoms with E-state index in [1.165, 1.54) is 23.5 Å². The average molecular weight is 351 g/mol. The molecule has 8 heteroatoms. The van der Waals surface area contributed by atoms with Gasteiger partial charge in [0.15, 0.2) is 0 Å². The molecule has 0 saturated heterocycles. The number of hydrogen-bond acceptors (Lipinski definition) is 6. The Hall–Kier alpha value is -2.19. The van der Waals surface area contributed by atoms with Gasteiger partial charge in [0.05, 0.1) is 12.1 Å². The minimum absolute atomic E-state index is 0.00886. The van der Waals surface area contributed by atoms with Crippen molar-refractivity contribution >= 4 is 33.2 Å². The van der Waals surface area contributed by atoms with Crippen molar-refractivity contribution in [2.75, 3.05) is 13.2 Å². The smallest absolute Gasteiger partial charge is 0.348 e. The topological polar surface area (TPSA) is 80.8 Å². The van der Waals surface area contributed by atoms with Crippen LogP contribution in [0, 0.1) is 6.92 Å². The fourth-order valence-corrected chi connectivity index (χ4v) is 4.69. The maximum Gasteiger partial charge on any atom is 0.348 e. The van der Waals surface area contributed by atoms with E-state index in [1.54, 1.807) is 30.5 Å². The number of aryl methyl sites for hydroxylation is 1. The molecule has 120 valence electrons. The first-order valence-corrected chi connectivity index (χ1v) is 9.12. The van der Waals surface area contributed by atoms with Gasteiger partial charge in [0, 0.05) is 0 Å². The molecule has 3 rings (SSSR count). The Kier molecular flexibility index (Phi) is 3.95. The summed E-state index contributed by atoms with van der Waals surface area (Å²) in [5.41, 5.74) is 0.949. The molecule has 0 radical (unpaired) electrons. The fourth-order valence-electron chi connectivity index (χ4n) is 2.32. The lowest BCUT2D eigenvalue weighted by molar-refractivity contribution is 0.0482. The summed E-state index contributed by atoms with van der Waals surface area (Å²) in [7, 11) is -3.86. The molecule has 0 saturated carbocycles. The van der Waals surface area contributed by atoms with Crippen LogP contribution in [0.4, 0.5) is 0 Å². The molecule has 1 aliphatic rings. The van der Waals surface area contributed by atoms with Crippen LogP contribution in [0.3, 0.4) is 0 Å². The highest BCUT2D eigenvalue weighted by Gasteiger charge is 2.40. The summed E-state index contributed by atoms with van der Waals surface area (Å²) in [6.45, 7) is 1.40. The third kappa shape index (κ3) is 2.64. The van der Waals surface area contributed by atoms with Gasteiger partial charge in [-0.15, -0.1) is 11.3 Å². The van der Waals surface area contributed by atoms with Crippen LogP contribution in [0.2, 0.25) is 0 Å². The highest BCUT2D eigenvalue weighted by Crippen LogP contribution is 2.29. The van der Waals surface area contributed by atoms with Gasteiger partial charge in [-0.1, -0.05) is 12.1 Å². The number of carbonyl (C=O) groups is 2. The number of carbonyl (C=O) groups excluding carboxylic acids is 2. The van der Waals surface area contributed by atoms with Crippen LogP contribution in [0.15, 0.2) is 40.6 Å². The molecule has 6 nitrogen and oxygen atoms in total. The minimum Gasteiger partial charge on any atom is -0.460 e. The van der Waals surface area contributed by atoms with Crippen molar-refractivity contribution in [3.8, 4) is 0 Å². The first kappa shape index (κ1) is 15.7. The minimum atomic E-state index is -3.86. The summed E-state index contributed by atoms with van der Waals surface area (Å²) in [5.74, 6) is -1.11. The number of nitrogens with zero attached hydrogens (tertiary/aromatic N) is 1. The summed E-state index contributed by atoms with van der Waals surface area (Å²) in [6, 6.07) is 7.83. The molecule has 1 aliphatic heterocycles. The number of sulfonamides is 1. The van der Waals surface area contributed by atoms with Gasteiger partial charge in [-0.05, 0) is 36.1 Å². The lowest BCUT2D eigenvalue weighted by Crippen LogP contribution is -2.33. The van der Waals surface area contributed by atoms with E-state index in [-0.39, 0.29) is 23.6 Å². The van der Waals surface area contributed by atoms with Crippen LogP contribution in [-0.2, 0) is 14.8 Å². The van der Waals surface area contributed by atoms with Crippen LogP contribution >= 0.6 is 11.3 Å². The second-order valence-corrected chi connectivity index (χ2v) is 7.69. The van der Waals surface area contributed by atoms with Gasteiger partial charge in [0.25, 0.3) is 15.9 Å². The second kappa shape index (κ2) is 5.78. The number of hydrogen-bond donors (Lipinski definition) is 0. The van der Waals surface area contributed by atoms with Crippen molar-refractivity contribution in [1.82, 2.24) is 4.31 Å². The Labute approximate surface area is 137 Å². The second-order valence-electron chi connectivity index (χ2n) is 4.95. The predicted octanol–water partition coefficient (Wildman–Crippen LogP) is 2.06. The van der Waals surface area contributed by atoms with E-state index in [0.717, 1.165) is 9.87 Å². The average Bonchev–Trinajstić information content (AvgIpc) is 3.03. The largest absolute Gasteiger partial charge is 0.460 e. The molecular formula is C15H13NO5S2. The molecule has 0 bridgehead atoms. The fraction of sp³-hybridized carbons (Fsp3) is 0.200. The molecule has 2 heterocycles. The molecule has 2 aromatic rings. The van der Waals surface area contributed by atoms with Gasteiger partial charge in [-0.2, -0.15) is 0 Å². The van der Waals surface area contributed by atoms with Crippen LogP contribution in [-0.4, -0.2) is 37.8 Å². The van der Waals surface area contributed by atoms with Crippen LogP contribution in [0.25, 0.3) is 0 Å². The molecule has 0 fully saturated rings. The zero-order chi connectivity index (χ0) is 16.6. The molecule has 0 spiro atoms. The summed E-state index contributed by atoms with van der Waals surface area (Å²) in [4.78, 5) is 24.5. The van der Waals surface area contributed by atoms with E-state index < -0.39 is 21.9 Å². The van der Waals surface area contributed by atoms with E-state index in [0.29, 0.717) is 4.88 Å². The van der Waals surface area contributed by atoms with Gasteiger partial charge in [0.2, 0.25) is 0 Å². The van der Waals surface area contributed by atoms with E-state index in [1.807, 2.05) is 0 Å². The van der Waals surface area contributed by atoms with E-state index in [9.17, 15) is 18.0 Å². The lowest BCUT2D eigenvalue weighted by atomic mass is 10.2. The highest BCUT2D eigenvalue weighted by molar-refractivity contribution is 7.90. The van der Waals surface area contributed by atoms with Gasteiger partial charge in [-0.25, -0.2) is 17.5 Å². The van der Waals surface area contributed by atoms with Crippen molar-refractivity contribution in [3.63, 3.8) is 0 Å². The van der Waals surface area contributed by atoms with E-state index in [4.69, 9.17) is 4.74 Å². The highest BCUT2D eigenvalue weighted by atomic mass is 32.2. The SMILES string of the molecule is Cc1ccsc1C(=O)OCCN1C(=O)c2ccccc2S1(=O)=O. The number of benzene rings is 1. The monoisotopic (exact) mass is 351 g/mol. The zero-order valence-electron chi connectivity index (χ0n) is 12.2. The zero-order valence-corrected chi connectivity index (χ0v) is 13.8. The first-order chi connectivity index (χ1) is 10.9. The molecular weight excluding hydrogens is 338 g/mol. The number of esters is 1. The summed E-state index contributed by atoms with van der Waals surface area (Å²) in [6.07, 6.45) is 0. The summed E-state index contributed by atoms with van der Waals surface area (Å²) < 4.78 is 30.5. The Morgan fingerprint density at radius 1 is 1.26 bits per heavy atom. The van der Waals surface area contributed by atoms with Gasteiger partial charge >= 0.3 is 5.97 Å². The van der Waals surface area contributed by atoms with Crippen molar-refractivity contribution in [3.05, 3.63) is 51.7 Å². The summed E-state index contributed by atoms with van der Waals surface area (Å²) >= 11 is 1.26. The van der Waals surface area contributed by atoms with Crippen molar-refractivity contribution in [2.24, 2.45) is 0 Å². The summed E-state index contributed by atoms with van der Waals surface area (Å²) in [5, 5.41) is 1.77. The molecule has 1 aromatic heterocycles. The van der Waals surface area contributed by atoms with E-state index in [2.05, 4.69) is 0 Å². The molecule has 0 N–H and O–H groups in total. The third-order valence-electron chi connectivity index (χ3n) is 3.49. The molecule has 0 aliphatic carbocycles. The van der Waals surface area contributed by atoms with Crippen molar-refractivity contribution in [1.29, 1.82) is 0 Å². The van der Waals surface area contributed by atoms with Gasteiger partial charge < -0.3 is 4.74 Å². The first-order valence-electron chi connectivity index (χ1n) is 6.80. The molecule has 1 aromatic carbocycles. The lowest BCUT2D eigenvalue weighted by Gasteiger charge is -2.14. The maximum absolute atomic E-state index is 12.3.